The molecule has 1 aromatic heterocycles. The molecule has 0 spiro atoms. The summed E-state index contributed by atoms with van der Waals surface area (Å²) in [6, 6.07) is 9.75. The molecule has 1 amide bonds. The zero-order valence-electron chi connectivity index (χ0n) is 17.4. The summed E-state index contributed by atoms with van der Waals surface area (Å²) >= 11 is 0.878. The maximum absolute atomic E-state index is 13.9. The van der Waals surface area contributed by atoms with Crippen molar-refractivity contribution in [1.82, 2.24) is 10.3 Å². The number of nitrogens with zero attached hydrogens (tertiary/aromatic N) is 1. The number of anilines is 3. The molecule has 0 bridgehead atoms. The van der Waals surface area contributed by atoms with Gasteiger partial charge in [0, 0.05) is 17.8 Å². The molecule has 1 heterocycles. The Morgan fingerprint density at radius 3 is 2.41 bits per heavy atom. The van der Waals surface area contributed by atoms with Crippen molar-refractivity contribution in [3.8, 4) is 0 Å². The van der Waals surface area contributed by atoms with E-state index in [4.69, 9.17) is 10.5 Å². The van der Waals surface area contributed by atoms with Crippen molar-refractivity contribution in [1.29, 1.82) is 0 Å². The van der Waals surface area contributed by atoms with E-state index < -0.39 is 23.0 Å². The highest BCUT2D eigenvalue weighted by molar-refractivity contribution is 7.18. The fraction of sp³-hybridized carbons (Fsp3) is 0.227. The first-order valence-electron chi connectivity index (χ1n) is 9.78. The lowest BCUT2D eigenvalue weighted by molar-refractivity contribution is 0.0746. The quantitative estimate of drug-likeness (QED) is 0.327. The third kappa shape index (κ3) is 5.65. The standard InChI is InChI=1S/C22H22F2N4O3S/c1-12(2)31-11-10-26-21(30)13-6-8-14(9-7-13)27-22-28-20(25)19(32-22)18(29)17-15(23)4-3-5-16(17)24/h3-9,12H,10-11,25H2,1-2H3,(H,26,30)(H,27,28). The second-order valence-electron chi connectivity index (χ2n) is 7.04. The van der Waals surface area contributed by atoms with Gasteiger partial charge in [-0.25, -0.2) is 13.8 Å². The summed E-state index contributed by atoms with van der Waals surface area (Å²) < 4.78 is 33.2. The number of hydrogen-bond donors (Lipinski definition) is 3. The van der Waals surface area contributed by atoms with Crippen LogP contribution in [0.4, 0.5) is 25.4 Å². The highest BCUT2D eigenvalue weighted by atomic mass is 32.1. The van der Waals surface area contributed by atoms with Crippen LogP contribution >= 0.6 is 11.3 Å². The van der Waals surface area contributed by atoms with Crippen molar-refractivity contribution < 1.29 is 23.1 Å². The van der Waals surface area contributed by atoms with E-state index in [9.17, 15) is 18.4 Å². The van der Waals surface area contributed by atoms with Gasteiger partial charge < -0.3 is 21.1 Å². The van der Waals surface area contributed by atoms with Gasteiger partial charge in [-0.15, -0.1) is 0 Å². The van der Waals surface area contributed by atoms with Crippen LogP contribution in [-0.4, -0.2) is 35.9 Å². The topological polar surface area (TPSA) is 106 Å². The largest absolute Gasteiger partial charge is 0.382 e. The molecule has 168 valence electrons. The number of nitrogen functional groups attached to an aromatic ring is 1. The molecule has 4 N–H and O–H groups in total. The first kappa shape index (κ1) is 23.3. The first-order valence-corrected chi connectivity index (χ1v) is 10.6. The molecular weight excluding hydrogens is 438 g/mol. The third-order valence-electron chi connectivity index (χ3n) is 4.29. The van der Waals surface area contributed by atoms with Crippen molar-refractivity contribution in [2.75, 3.05) is 24.2 Å². The molecule has 0 atom stereocenters. The van der Waals surface area contributed by atoms with Gasteiger partial charge in [-0.05, 0) is 50.2 Å². The zero-order valence-corrected chi connectivity index (χ0v) is 18.3. The summed E-state index contributed by atoms with van der Waals surface area (Å²) in [6.07, 6.45) is 0.0960. The van der Waals surface area contributed by atoms with Gasteiger partial charge in [-0.3, -0.25) is 9.59 Å². The van der Waals surface area contributed by atoms with Gasteiger partial charge in [0.25, 0.3) is 5.91 Å². The van der Waals surface area contributed by atoms with E-state index in [2.05, 4.69) is 15.6 Å². The lowest BCUT2D eigenvalue weighted by atomic mass is 10.1. The molecule has 0 aliphatic carbocycles. The maximum atomic E-state index is 13.9. The minimum Gasteiger partial charge on any atom is -0.382 e. The molecule has 0 saturated carbocycles. The van der Waals surface area contributed by atoms with Crippen molar-refractivity contribution in [2.24, 2.45) is 0 Å². The van der Waals surface area contributed by atoms with E-state index in [-0.39, 0.29) is 27.8 Å². The predicted molar refractivity (Wildman–Crippen MR) is 119 cm³/mol. The number of rotatable bonds is 9. The molecule has 7 nitrogen and oxygen atoms in total. The molecular formula is C22H22F2N4O3S. The van der Waals surface area contributed by atoms with Crippen LogP contribution in [0.15, 0.2) is 42.5 Å². The van der Waals surface area contributed by atoms with Crippen LogP contribution in [0.3, 0.4) is 0 Å². The molecule has 32 heavy (non-hydrogen) atoms. The van der Waals surface area contributed by atoms with Crippen LogP contribution in [0.2, 0.25) is 0 Å². The molecule has 0 fully saturated rings. The Morgan fingerprint density at radius 1 is 1.12 bits per heavy atom. The fourth-order valence-corrected chi connectivity index (χ4v) is 3.62. The number of thiazole rings is 1. The molecule has 0 saturated heterocycles. The molecule has 2 aromatic carbocycles. The van der Waals surface area contributed by atoms with Crippen molar-refractivity contribution in [3.63, 3.8) is 0 Å². The van der Waals surface area contributed by atoms with Gasteiger partial charge in [-0.2, -0.15) is 0 Å². The molecule has 0 aliphatic heterocycles. The Hall–Kier alpha value is -3.37. The average Bonchev–Trinajstić information content (AvgIpc) is 3.11. The first-order chi connectivity index (χ1) is 15.3. The Labute approximate surface area is 187 Å². The number of benzene rings is 2. The zero-order chi connectivity index (χ0) is 23.3. The normalized spacial score (nSPS) is 10.9. The molecule has 10 heteroatoms. The minimum atomic E-state index is -0.970. The molecule has 0 aliphatic rings. The third-order valence-corrected chi connectivity index (χ3v) is 5.27. The molecule has 0 unspecified atom stereocenters. The number of carbonyl (C=O) groups excluding carboxylic acids is 2. The average molecular weight is 461 g/mol. The van der Waals surface area contributed by atoms with Crippen molar-refractivity contribution in [3.05, 3.63) is 70.1 Å². The number of ketones is 1. The molecule has 0 radical (unpaired) electrons. The Kier molecular flexibility index (Phi) is 7.49. The van der Waals surface area contributed by atoms with Crippen LogP contribution < -0.4 is 16.4 Å². The van der Waals surface area contributed by atoms with Gasteiger partial charge in [0.2, 0.25) is 5.78 Å². The summed E-state index contributed by atoms with van der Waals surface area (Å²) in [7, 11) is 0. The Balaban J connectivity index is 1.66. The Morgan fingerprint density at radius 2 is 1.78 bits per heavy atom. The van der Waals surface area contributed by atoms with Crippen LogP contribution in [0, 0.1) is 11.6 Å². The SMILES string of the molecule is CC(C)OCCNC(=O)c1ccc(Nc2nc(N)c(C(=O)c3c(F)cccc3F)s2)cc1. The van der Waals surface area contributed by atoms with E-state index in [1.807, 2.05) is 13.8 Å². The number of aromatic nitrogens is 1. The molecule has 3 aromatic rings. The van der Waals surface area contributed by atoms with E-state index in [0.29, 0.717) is 24.4 Å². The van der Waals surface area contributed by atoms with E-state index in [0.717, 1.165) is 23.5 Å². The maximum Gasteiger partial charge on any atom is 0.251 e. The summed E-state index contributed by atoms with van der Waals surface area (Å²) in [4.78, 5) is 28.7. The van der Waals surface area contributed by atoms with Gasteiger partial charge in [0.15, 0.2) is 5.13 Å². The van der Waals surface area contributed by atoms with Gasteiger partial charge >= 0.3 is 0 Å². The smallest absolute Gasteiger partial charge is 0.251 e. The number of amides is 1. The minimum absolute atomic E-state index is 0.0730. The van der Waals surface area contributed by atoms with E-state index in [1.165, 1.54) is 6.07 Å². The summed E-state index contributed by atoms with van der Waals surface area (Å²) in [5, 5.41) is 6.00. The predicted octanol–water partition coefficient (Wildman–Crippen LogP) is 4.13. The second kappa shape index (κ2) is 10.3. The van der Waals surface area contributed by atoms with E-state index in [1.54, 1.807) is 24.3 Å². The second-order valence-corrected chi connectivity index (χ2v) is 8.04. The number of halogens is 2. The highest BCUT2D eigenvalue weighted by Crippen LogP contribution is 2.31. The fourth-order valence-electron chi connectivity index (χ4n) is 2.77. The lowest BCUT2D eigenvalue weighted by Gasteiger charge is -2.09. The van der Waals surface area contributed by atoms with Crippen LogP contribution in [0.25, 0.3) is 0 Å². The summed E-state index contributed by atoms with van der Waals surface area (Å²) in [5.74, 6) is -3.19. The Bertz CT molecular complexity index is 1100. The summed E-state index contributed by atoms with van der Waals surface area (Å²) in [6.45, 7) is 4.66. The van der Waals surface area contributed by atoms with Crippen LogP contribution in [0.5, 0.6) is 0 Å². The molecule has 3 rings (SSSR count). The van der Waals surface area contributed by atoms with Gasteiger partial charge in [-0.1, -0.05) is 17.4 Å². The summed E-state index contributed by atoms with van der Waals surface area (Å²) in [5.41, 5.74) is 6.18. The number of hydrogen-bond acceptors (Lipinski definition) is 7. The number of nitrogens with one attached hydrogen (secondary N) is 2. The van der Waals surface area contributed by atoms with Crippen LogP contribution in [-0.2, 0) is 4.74 Å². The highest BCUT2D eigenvalue weighted by Gasteiger charge is 2.24. The lowest BCUT2D eigenvalue weighted by Crippen LogP contribution is -2.28. The van der Waals surface area contributed by atoms with Crippen molar-refractivity contribution >= 4 is 39.7 Å². The van der Waals surface area contributed by atoms with Crippen molar-refractivity contribution in [2.45, 2.75) is 20.0 Å². The van der Waals surface area contributed by atoms with Crippen LogP contribution in [0.1, 0.15) is 39.4 Å². The number of carbonyl (C=O) groups is 2. The number of nitrogens with two attached hydrogens (primary N) is 1. The van der Waals surface area contributed by atoms with Gasteiger partial charge in [0.1, 0.15) is 22.3 Å². The monoisotopic (exact) mass is 460 g/mol. The van der Waals surface area contributed by atoms with E-state index >= 15 is 0 Å². The number of ether oxygens (including phenoxy) is 1. The van der Waals surface area contributed by atoms with Gasteiger partial charge in [0.05, 0.1) is 18.3 Å².